The van der Waals surface area contributed by atoms with Crippen molar-refractivity contribution in [2.75, 3.05) is 0 Å². The maximum Gasteiger partial charge on any atom is 0.180 e. The molecule has 0 spiro atoms. The Kier molecular flexibility index (Phi) is 3.90. The SMILES string of the molecule is CC(=O)c1nn(CC(C)C)c2cnc(-c3cnc(C)nc3)cc12. The van der Waals surface area contributed by atoms with Crippen LogP contribution in [0.15, 0.2) is 24.7 Å². The third-order valence-corrected chi connectivity index (χ3v) is 3.59. The number of hydrogen-bond acceptors (Lipinski definition) is 5. The number of ketones is 1. The number of rotatable bonds is 4. The number of aromatic nitrogens is 5. The second kappa shape index (κ2) is 5.87. The normalized spacial score (nSPS) is 11.3. The van der Waals surface area contributed by atoms with Crippen molar-refractivity contribution in [3.05, 3.63) is 36.2 Å². The molecular formula is C17H19N5O. The number of aryl methyl sites for hydroxylation is 1. The van der Waals surface area contributed by atoms with Crippen molar-refractivity contribution in [3.63, 3.8) is 0 Å². The fourth-order valence-corrected chi connectivity index (χ4v) is 2.50. The maximum absolute atomic E-state index is 11.9. The first-order valence-electron chi connectivity index (χ1n) is 7.62. The first-order chi connectivity index (χ1) is 11.0. The van der Waals surface area contributed by atoms with Crippen LogP contribution in [-0.2, 0) is 6.54 Å². The summed E-state index contributed by atoms with van der Waals surface area (Å²) in [6, 6.07) is 1.89. The Balaban J connectivity index is 2.16. The van der Waals surface area contributed by atoms with Crippen molar-refractivity contribution >= 4 is 16.7 Å². The quantitative estimate of drug-likeness (QED) is 0.692. The molecule has 0 N–H and O–H groups in total. The Labute approximate surface area is 134 Å². The van der Waals surface area contributed by atoms with E-state index in [1.165, 1.54) is 6.92 Å². The summed E-state index contributed by atoms with van der Waals surface area (Å²) in [5.41, 5.74) is 2.92. The van der Waals surface area contributed by atoms with E-state index in [4.69, 9.17) is 0 Å². The summed E-state index contributed by atoms with van der Waals surface area (Å²) >= 11 is 0. The minimum atomic E-state index is -0.0465. The van der Waals surface area contributed by atoms with E-state index in [9.17, 15) is 4.79 Å². The van der Waals surface area contributed by atoms with E-state index < -0.39 is 0 Å². The van der Waals surface area contributed by atoms with Gasteiger partial charge in [-0.1, -0.05) is 13.8 Å². The lowest BCUT2D eigenvalue weighted by Gasteiger charge is -2.06. The summed E-state index contributed by atoms with van der Waals surface area (Å²) in [7, 11) is 0. The average Bonchev–Trinajstić information content (AvgIpc) is 2.85. The van der Waals surface area contributed by atoms with Crippen LogP contribution in [0.5, 0.6) is 0 Å². The average molecular weight is 309 g/mol. The summed E-state index contributed by atoms with van der Waals surface area (Å²) < 4.78 is 1.86. The van der Waals surface area contributed by atoms with Crippen molar-refractivity contribution in [1.29, 1.82) is 0 Å². The van der Waals surface area contributed by atoms with Gasteiger partial charge in [-0.2, -0.15) is 5.10 Å². The van der Waals surface area contributed by atoms with E-state index in [2.05, 4.69) is 33.9 Å². The van der Waals surface area contributed by atoms with E-state index in [0.717, 1.165) is 28.7 Å². The molecule has 0 saturated heterocycles. The highest BCUT2D eigenvalue weighted by atomic mass is 16.1. The standard InChI is InChI=1S/C17H19N5O/c1-10(2)9-22-16-8-20-15(13-6-18-12(4)19-7-13)5-14(16)17(21-22)11(3)23/h5-8,10H,9H2,1-4H3. The summed E-state index contributed by atoms with van der Waals surface area (Å²) in [5, 5.41) is 5.30. The Morgan fingerprint density at radius 3 is 2.48 bits per heavy atom. The zero-order valence-corrected chi connectivity index (χ0v) is 13.7. The third kappa shape index (κ3) is 2.97. The monoisotopic (exact) mass is 309 g/mol. The number of fused-ring (bicyclic) bond motifs is 1. The van der Waals surface area contributed by atoms with Gasteiger partial charge >= 0.3 is 0 Å². The third-order valence-electron chi connectivity index (χ3n) is 3.59. The van der Waals surface area contributed by atoms with Gasteiger partial charge in [-0.15, -0.1) is 0 Å². The molecule has 118 valence electrons. The highest BCUT2D eigenvalue weighted by Gasteiger charge is 2.16. The zero-order valence-electron chi connectivity index (χ0n) is 13.7. The molecule has 0 radical (unpaired) electrons. The fraction of sp³-hybridized carbons (Fsp3) is 0.353. The molecule has 0 atom stereocenters. The number of carbonyl (C=O) groups is 1. The molecule has 3 aromatic rings. The van der Waals surface area contributed by atoms with Crippen molar-refractivity contribution in [2.45, 2.75) is 34.2 Å². The lowest BCUT2D eigenvalue weighted by atomic mass is 10.1. The van der Waals surface area contributed by atoms with Gasteiger partial charge in [-0.05, 0) is 18.9 Å². The second-order valence-corrected chi connectivity index (χ2v) is 6.09. The largest absolute Gasteiger partial charge is 0.293 e. The minimum Gasteiger partial charge on any atom is -0.293 e. The molecule has 0 unspecified atom stereocenters. The molecule has 0 aliphatic carbocycles. The smallest absolute Gasteiger partial charge is 0.180 e. The van der Waals surface area contributed by atoms with Crippen LogP contribution in [0.25, 0.3) is 22.2 Å². The van der Waals surface area contributed by atoms with Gasteiger partial charge in [0.05, 0.1) is 17.4 Å². The molecule has 6 heteroatoms. The molecule has 0 aromatic carbocycles. The molecule has 3 aromatic heterocycles. The fourth-order valence-electron chi connectivity index (χ4n) is 2.50. The van der Waals surface area contributed by atoms with Crippen LogP contribution in [0.4, 0.5) is 0 Å². The van der Waals surface area contributed by atoms with E-state index in [1.807, 2.05) is 17.7 Å². The second-order valence-electron chi connectivity index (χ2n) is 6.09. The van der Waals surface area contributed by atoms with Crippen molar-refractivity contribution in [2.24, 2.45) is 5.92 Å². The van der Waals surface area contributed by atoms with Gasteiger partial charge in [-0.3, -0.25) is 14.5 Å². The van der Waals surface area contributed by atoms with Gasteiger partial charge < -0.3 is 0 Å². The molecule has 0 aliphatic rings. The van der Waals surface area contributed by atoms with Gasteiger partial charge in [0, 0.05) is 36.8 Å². The van der Waals surface area contributed by atoms with Crippen LogP contribution in [0.2, 0.25) is 0 Å². The molecule has 0 fully saturated rings. The van der Waals surface area contributed by atoms with Crippen molar-refractivity contribution in [3.8, 4) is 11.3 Å². The highest BCUT2D eigenvalue weighted by Crippen LogP contribution is 2.24. The Morgan fingerprint density at radius 2 is 1.87 bits per heavy atom. The molecule has 0 amide bonds. The highest BCUT2D eigenvalue weighted by molar-refractivity contribution is 6.05. The van der Waals surface area contributed by atoms with Crippen LogP contribution < -0.4 is 0 Å². The van der Waals surface area contributed by atoms with Gasteiger partial charge in [-0.25, -0.2) is 9.97 Å². The van der Waals surface area contributed by atoms with Gasteiger partial charge in [0.1, 0.15) is 11.5 Å². The van der Waals surface area contributed by atoms with Crippen molar-refractivity contribution < 1.29 is 4.79 Å². The van der Waals surface area contributed by atoms with Gasteiger partial charge in [0.25, 0.3) is 0 Å². The van der Waals surface area contributed by atoms with E-state index >= 15 is 0 Å². The molecule has 0 saturated carbocycles. The number of hydrogen-bond donors (Lipinski definition) is 0. The molecule has 3 rings (SSSR count). The molecular weight excluding hydrogens is 290 g/mol. The summed E-state index contributed by atoms with van der Waals surface area (Å²) in [5.74, 6) is 1.10. The van der Waals surface area contributed by atoms with E-state index in [1.54, 1.807) is 18.6 Å². The van der Waals surface area contributed by atoms with Crippen LogP contribution in [0.3, 0.4) is 0 Å². The van der Waals surface area contributed by atoms with E-state index in [0.29, 0.717) is 17.4 Å². The van der Waals surface area contributed by atoms with Crippen LogP contribution in [-0.4, -0.2) is 30.5 Å². The topological polar surface area (TPSA) is 73.6 Å². The maximum atomic E-state index is 11.9. The predicted octanol–water partition coefficient (Wildman–Crippen LogP) is 3.06. The van der Waals surface area contributed by atoms with Crippen molar-refractivity contribution in [1.82, 2.24) is 24.7 Å². The lowest BCUT2D eigenvalue weighted by Crippen LogP contribution is -2.07. The number of nitrogens with zero attached hydrogens (tertiary/aromatic N) is 5. The lowest BCUT2D eigenvalue weighted by molar-refractivity contribution is 0.101. The Hall–Kier alpha value is -2.63. The number of Topliss-reactive ketones (excluding diaryl/α,β-unsaturated/α-hetero) is 1. The molecule has 3 heterocycles. The molecule has 0 bridgehead atoms. The van der Waals surface area contributed by atoms with E-state index in [-0.39, 0.29) is 5.78 Å². The number of carbonyl (C=O) groups excluding carboxylic acids is 1. The zero-order chi connectivity index (χ0) is 16.6. The van der Waals surface area contributed by atoms with Gasteiger partial charge in [0.15, 0.2) is 5.78 Å². The minimum absolute atomic E-state index is 0.0465. The van der Waals surface area contributed by atoms with Crippen LogP contribution in [0, 0.1) is 12.8 Å². The first-order valence-corrected chi connectivity index (χ1v) is 7.62. The number of pyridine rings is 1. The summed E-state index contributed by atoms with van der Waals surface area (Å²) in [4.78, 5) is 24.8. The van der Waals surface area contributed by atoms with Crippen LogP contribution in [0.1, 0.15) is 37.1 Å². The first kappa shape index (κ1) is 15.3. The summed E-state index contributed by atoms with van der Waals surface area (Å²) in [6.07, 6.45) is 5.25. The Bertz CT molecular complexity index is 865. The molecule has 6 nitrogen and oxygen atoms in total. The van der Waals surface area contributed by atoms with Crippen LogP contribution >= 0.6 is 0 Å². The van der Waals surface area contributed by atoms with Gasteiger partial charge in [0.2, 0.25) is 0 Å². The Morgan fingerprint density at radius 1 is 1.17 bits per heavy atom. The molecule has 23 heavy (non-hydrogen) atoms. The predicted molar refractivity (Wildman–Crippen MR) is 88.1 cm³/mol. The molecule has 0 aliphatic heterocycles. The summed E-state index contributed by atoms with van der Waals surface area (Å²) in [6.45, 7) is 8.36.